The molecule has 0 saturated heterocycles. The second-order valence-electron chi connectivity index (χ2n) is 18.1. The van der Waals surface area contributed by atoms with Crippen LogP contribution < -0.4 is 0 Å². The highest BCUT2D eigenvalue weighted by Gasteiger charge is 2.52. The zero-order valence-corrected chi connectivity index (χ0v) is 37.4. The van der Waals surface area contributed by atoms with Crippen LogP contribution in [0.15, 0.2) is 228 Å². The Morgan fingerprint density at radius 3 is 1.58 bits per heavy atom. The topological polar surface area (TPSA) is 41.6 Å². The summed E-state index contributed by atoms with van der Waals surface area (Å²) in [5.74, 6) is 0.702. The Balaban J connectivity index is 0.927. The van der Waals surface area contributed by atoms with Gasteiger partial charge in [-0.15, -0.1) is 0 Å². The van der Waals surface area contributed by atoms with Crippen molar-refractivity contribution in [3.63, 3.8) is 0 Å². The molecular formula is C62H43N3S. The fourth-order valence-corrected chi connectivity index (χ4v) is 12.4. The van der Waals surface area contributed by atoms with Gasteiger partial charge in [0.05, 0.1) is 22.3 Å². The van der Waals surface area contributed by atoms with Crippen LogP contribution in [0.25, 0.3) is 78.0 Å². The zero-order chi connectivity index (χ0) is 44.0. The lowest BCUT2D eigenvalue weighted by Crippen LogP contribution is -2.43. The zero-order valence-electron chi connectivity index (χ0n) is 36.6. The first-order valence-electron chi connectivity index (χ1n) is 22.7. The van der Waals surface area contributed by atoms with E-state index in [2.05, 4.69) is 219 Å². The van der Waals surface area contributed by atoms with Gasteiger partial charge < -0.3 is 4.98 Å². The van der Waals surface area contributed by atoms with Gasteiger partial charge in [0.2, 0.25) is 0 Å². The van der Waals surface area contributed by atoms with Gasteiger partial charge in [-0.3, -0.25) is 0 Å². The number of rotatable bonds is 5. The summed E-state index contributed by atoms with van der Waals surface area (Å²) in [6.45, 7) is 4.82. The maximum Gasteiger partial charge on any atom is 0.160 e. The van der Waals surface area contributed by atoms with Crippen molar-refractivity contribution < 1.29 is 0 Å². The van der Waals surface area contributed by atoms with Crippen molar-refractivity contribution in [3.8, 4) is 56.2 Å². The van der Waals surface area contributed by atoms with Gasteiger partial charge in [0.1, 0.15) is 0 Å². The molecule has 1 aliphatic heterocycles. The minimum Gasteiger partial charge on any atom is -0.354 e. The van der Waals surface area contributed by atoms with Gasteiger partial charge in [0.15, 0.2) is 5.82 Å². The Hall–Kier alpha value is -7.79. The number of hydrogen-bond acceptors (Lipinski definition) is 3. The number of aromatic amines is 1. The highest BCUT2D eigenvalue weighted by molar-refractivity contribution is 7.99. The van der Waals surface area contributed by atoms with Gasteiger partial charge in [0.25, 0.3) is 0 Å². The smallest absolute Gasteiger partial charge is 0.160 e. The molecule has 2 aromatic heterocycles. The number of H-pyrrole nitrogens is 1. The van der Waals surface area contributed by atoms with Crippen molar-refractivity contribution in [2.24, 2.45) is 0 Å². The first-order valence-corrected chi connectivity index (χ1v) is 23.5. The minimum atomic E-state index is -0.469. The molecule has 66 heavy (non-hydrogen) atoms. The molecule has 3 nitrogen and oxygen atoms in total. The third-order valence-electron chi connectivity index (χ3n) is 14.2. The fourth-order valence-electron chi connectivity index (χ4n) is 11.2. The third-order valence-corrected chi connectivity index (χ3v) is 15.3. The number of para-hydroxylation sites is 2. The number of benzene rings is 9. The molecule has 0 amide bonds. The number of aromatic nitrogens is 3. The van der Waals surface area contributed by atoms with Gasteiger partial charge in [-0.1, -0.05) is 220 Å². The van der Waals surface area contributed by atoms with E-state index < -0.39 is 5.41 Å². The molecule has 3 heterocycles. The van der Waals surface area contributed by atoms with Crippen molar-refractivity contribution >= 4 is 33.6 Å². The minimum absolute atomic E-state index is 0.273. The molecule has 0 unspecified atom stereocenters. The molecule has 1 aliphatic carbocycles. The number of nitrogens with zero attached hydrogens (tertiary/aromatic N) is 2. The van der Waals surface area contributed by atoms with Crippen LogP contribution in [0, 0.1) is 0 Å². The molecule has 2 aliphatic rings. The summed E-state index contributed by atoms with van der Waals surface area (Å²) in [5.41, 5.74) is 19.3. The lowest BCUT2D eigenvalue weighted by Gasteiger charge is -2.51. The van der Waals surface area contributed by atoms with E-state index in [1.807, 2.05) is 30.0 Å². The van der Waals surface area contributed by atoms with Crippen LogP contribution in [0.4, 0.5) is 0 Å². The average molecular weight is 862 g/mol. The van der Waals surface area contributed by atoms with Crippen molar-refractivity contribution in [3.05, 3.63) is 252 Å². The van der Waals surface area contributed by atoms with Crippen LogP contribution in [-0.2, 0) is 10.8 Å². The first kappa shape index (κ1) is 38.6. The molecule has 11 aromatic rings. The van der Waals surface area contributed by atoms with E-state index in [-0.39, 0.29) is 5.41 Å². The molecule has 1 N–H and O–H groups in total. The molecule has 9 aromatic carbocycles. The molecule has 13 rings (SSSR count). The van der Waals surface area contributed by atoms with Gasteiger partial charge >= 0.3 is 0 Å². The summed E-state index contributed by atoms with van der Waals surface area (Å²) in [7, 11) is 0. The van der Waals surface area contributed by atoms with Crippen LogP contribution >= 0.6 is 11.8 Å². The maximum atomic E-state index is 5.22. The van der Waals surface area contributed by atoms with E-state index in [9.17, 15) is 0 Å². The largest absolute Gasteiger partial charge is 0.354 e. The van der Waals surface area contributed by atoms with Crippen LogP contribution in [0.2, 0.25) is 0 Å². The molecule has 312 valence electrons. The fraction of sp³-hybridized carbons (Fsp3) is 0.0645. The predicted octanol–water partition coefficient (Wildman–Crippen LogP) is 15.9. The standard InChI is InChI=1S/C62H43N3S/c1-61(2)48-22-7-8-23-49(48)62(50-24-9-12-28-56(50)66-57-29-13-10-25-51(57)62)52-26-15-19-44(58(52)61)39-30-34-41(35-31-39)54-38-55(65-60(64-54)43-16-4-3-5-17-43)42-36-32-40(33-37-42)45-20-14-21-47-46-18-6-11-27-53(46)63-59(45)47/h3-38,63H,1-2H3. The number of hydrogen-bond donors (Lipinski definition) is 1. The van der Waals surface area contributed by atoms with Crippen LogP contribution in [0.3, 0.4) is 0 Å². The monoisotopic (exact) mass is 861 g/mol. The highest BCUT2D eigenvalue weighted by atomic mass is 32.2. The second kappa shape index (κ2) is 14.9. The molecule has 1 spiro atoms. The quantitative estimate of drug-likeness (QED) is 0.187. The van der Waals surface area contributed by atoms with Crippen molar-refractivity contribution in [1.29, 1.82) is 0 Å². The van der Waals surface area contributed by atoms with Crippen LogP contribution in [0.1, 0.15) is 47.2 Å². The third kappa shape index (κ3) is 5.78. The van der Waals surface area contributed by atoms with Crippen LogP contribution in [-0.4, -0.2) is 15.0 Å². The van der Waals surface area contributed by atoms with Crippen LogP contribution in [0.5, 0.6) is 0 Å². The van der Waals surface area contributed by atoms with Crippen molar-refractivity contribution in [2.45, 2.75) is 34.5 Å². The van der Waals surface area contributed by atoms with E-state index >= 15 is 0 Å². The van der Waals surface area contributed by atoms with E-state index in [1.54, 1.807) is 0 Å². The molecule has 0 bridgehead atoms. The normalized spacial score (nSPS) is 14.1. The second-order valence-corrected chi connectivity index (χ2v) is 19.2. The molecule has 0 saturated carbocycles. The van der Waals surface area contributed by atoms with E-state index in [0.29, 0.717) is 5.82 Å². The SMILES string of the molecule is CC1(C)c2ccccc2C2(c3ccccc3Sc3ccccc32)c2cccc(-c3ccc(-c4cc(-c5ccc(-c6cccc7c6[nH]c6ccccc67)cc5)nc(-c5ccccc5)n4)cc3)c21. The Kier molecular flexibility index (Phi) is 8.71. The molecule has 0 atom stereocenters. The van der Waals surface area contributed by atoms with Gasteiger partial charge in [-0.2, -0.15) is 0 Å². The molecule has 0 radical (unpaired) electrons. The Morgan fingerprint density at radius 2 is 0.894 bits per heavy atom. The molecular weight excluding hydrogens is 819 g/mol. The first-order chi connectivity index (χ1) is 32.5. The highest BCUT2D eigenvalue weighted by Crippen LogP contribution is 2.62. The van der Waals surface area contributed by atoms with E-state index in [0.717, 1.165) is 44.7 Å². The summed E-state index contributed by atoms with van der Waals surface area (Å²) in [6, 6.07) is 79.6. The summed E-state index contributed by atoms with van der Waals surface area (Å²) in [5, 5.41) is 2.47. The Bertz CT molecular complexity index is 3650. The lowest BCUT2D eigenvalue weighted by molar-refractivity contribution is 0.550. The van der Waals surface area contributed by atoms with Crippen molar-refractivity contribution in [2.75, 3.05) is 0 Å². The summed E-state index contributed by atoms with van der Waals surface area (Å²) in [6.07, 6.45) is 0. The Morgan fingerprint density at radius 1 is 0.394 bits per heavy atom. The lowest BCUT2D eigenvalue weighted by atomic mass is 9.53. The maximum absolute atomic E-state index is 5.22. The summed E-state index contributed by atoms with van der Waals surface area (Å²) in [4.78, 5) is 16.7. The van der Waals surface area contributed by atoms with E-state index in [1.165, 1.54) is 70.6 Å². The summed E-state index contributed by atoms with van der Waals surface area (Å²) < 4.78 is 0. The molecule has 0 fully saturated rings. The van der Waals surface area contributed by atoms with Gasteiger partial charge in [-0.05, 0) is 74.3 Å². The predicted molar refractivity (Wildman–Crippen MR) is 273 cm³/mol. The Labute approximate surface area is 388 Å². The number of nitrogens with one attached hydrogen (secondary N) is 1. The van der Waals surface area contributed by atoms with E-state index in [4.69, 9.17) is 9.97 Å². The molecule has 4 heteroatoms. The van der Waals surface area contributed by atoms with Gasteiger partial charge in [0, 0.05) is 53.7 Å². The number of fused-ring (bicyclic) bond motifs is 11. The van der Waals surface area contributed by atoms with Gasteiger partial charge in [-0.25, -0.2) is 9.97 Å². The van der Waals surface area contributed by atoms with Crippen molar-refractivity contribution in [1.82, 2.24) is 15.0 Å². The summed E-state index contributed by atoms with van der Waals surface area (Å²) >= 11 is 1.89. The average Bonchev–Trinajstić information content (AvgIpc) is 3.77.